The zero-order chi connectivity index (χ0) is 28.2. The van der Waals surface area contributed by atoms with Gasteiger partial charge in [-0.3, -0.25) is 4.68 Å². The van der Waals surface area contributed by atoms with E-state index in [0.29, 0.717) is 35.8 Å². The molecule has 1 aromatic carbocycles. The Kier molecular flexibility index (Phi) is 8.63. The fourth-order valence-electron chi connectivity index (χ4n) is 5.52. The van der Waals surface area contributed by atoms with Crippen LogP contribution in [0.1, 0.15) is 63.2 Å². The van der Waals surface area contributed by atoms with Gasteiger partial charge < -0.3 is 30.5 Å². The van der Waals surface area contributed by atoms with Gasteiger partial charge in [-0.25, -0.2) is 4.98 Å². The lowest BCUT2D eigenvalue weighted by Gasteiger charge is -2.21. The average molecular weight is 549 g/mol. The molecule has 4 aromatic rings. The number of rotatable bonds is 12. The van der Waals surface area contributed by atoms with Gasteiger partial charge in [-0.05, 0) is 43.2 Å². The van der Waals surface area contributed by atoms with Crippen LogP contribution in [0.5, 0.6) is 0 Å². The van der Waals surface area contributed by atoms with Crippen LogP contribution in [0.4, 0.5) is 11.8 Å². The molecule has 1 aliphatic rings. The summed E-state index contributed by atoms with van der Waals surface area (Å²) in [5, 5.41) is 43.5. The number of aliphatic hydroxyl groups excluding tert-OH is 3. The molecule has 11 nitrogen and oxygen atoms in total. The number of benzene rings is 1. The maximum Gasteiger partial charge on any atom is 0.227 e. The summed E-state index contributed by atoms with van der Waals surface area (Å²) in [5.41, 5.74) is 3.31. The molecular formula is C29H40N8O3. The first kappa shape index (κ1) is 28.0. The summed E-state index contributed by atoms with van der Waals surface area (Å²) in [6.07, 6.45) is 7.12. The fraction of sp³-hybridized carbons (Fsp3) is 0.517. The molecule has 40 heavy (non-hydrogen) atoms. The maximum atomic E-state index is 11.1. The molecule has 214 valence electrons. The van der Waals surface area contributed by atoms with Gasteiger partial charge in [0.1, 0.15) is 12.2 Å². The molecule has 0 aliphatic heterocycles. The van der Waals surface area contributed by atoms with Crippen molar-refractivity contribution in [2.75, 3.05) is 17.2 Å². The molecule has 0 saturated heterocycles. The van der Waals surface area contributed by atoms with Gasteiger partial charge in [0.2, 0.25) is 5.95 Å². The van der Waals surface area contributed by atoms with E-state index in [-0.39, 0.29) is 24.7 Å². The molecular weight excluding hydrogens is 508 g/mol. The largest absolute Gasteiger partial charge is 0.394 e. The Morgan fingerprint density at radius 2 is 1.70 bits per heavy atom. The number of nitrogens with zero attached hydrogens (tertiary/aromatic N) is 6. The minimum absolute atomic E-state index is 0.0936. The van der Waals surface area contributed by atoms with Gasteiger partial charge in [-0.1, -0.05) is 51.1 Å². The first-order chi connectivity index (χ1) is 19.4. The second kappa shape index (κ2) is 12.3. The van der Waals surface area contributed by atoms with E-state index in [0.717, 1.165) is 30.4 Å². The Hall–Kier alpha value is -3.54. The molecule has 5 N–H and O–H groups in total. The van der Waals surface area contributed by atoms with E-state index in [1.54, 1.807) is 17.2 Å². The van der Waals surface area contributed by atoms with Crippen molar-refractivity contribution in [2.24, 2.45) is 0 Å². The minimum Gasteiger partial charge on any atom is -0.394 e. The second-order valence-electron chi connectivity index (χ2n) is 10.6. The summed E-state index contributed by atoms with van der Waals surface area (Å²) in [7, 11) is 0. The van der Waals surface area contributed by atoms with Gasteiger partial charge >= 0.3 is 0 Å². The first-order valence-electron chi connectivity index (χ1n) is 14.3. The summed E-state index contributed by atoms with van der Waals surface area (Å²) in [6, 6.07) is 9.04. The molecule has 0 bridgehead atoms. The van der Waals surface area contributed by atoms with Crippen LogP contribution >= 0.6 is 0 Å². The number of hydrogen-bond acceptors (Lipinski definition) is 9. The summed E-state index contributed by atoms with van der Waals surface area (Å²) in [6.45, 7) is 6.20. The fourth-order valence-corrected chi connectivity index (χ4v) is 5.52. The molecule has 0 unspecified atom stereocenters. The Morgan fingerprint density at radius 1 is 0.950 bits per heavy atom. The van der Waals surface area contributed by atoms with Crippen molar-refractivity contribution in [2.45, 2.75) is 89.3 Å². The highest BCUT2D eigenvalue weighted by Crippen LogP contribution is 2.40. The van der Waals surface area contributed by atoms with Crippen LogP contribution in [0.25, 0.3) is 11.2 Å². The molecule has 5 atom stereocenters. The van der Waals surface area contributed by atoms with Crippen LogP contribution in [0.15, 0.2) is 49.1 Å². The van der Waals surface area contributed by atoms with Gasteiger partial charge in [0, 0.05) is 12.2 Å². The number of imidazole rings is 1. The summed E-state index contributed by atoms with van der Waals surface area (Å²) >= 11 is 0. The Labute approximate surface area is 234 Å². The molecule has 11 heteroatoms. The minimum atomic E-state index is -1.03. The third kappa shape index (κ3) is 5.67. The number of nitrogens with one attached hydrogen (secondary N) is 2. The Balaban J connectivity index is 1.49. The molecule has 1 fully saturated rings. The van der Waals surface area contributed by atoms with E-state index < -0.39 is 18.2 Å². The second-order valence-corrected chi connectivity index (χ2v) is 10.6. The molecule has 0 radical (unpaired) electrons. The van der Waals surface area contributed by atoms with Gasteiger partial charge in [0.25, 0.3) is 0 Å². The lowest BCUT2D eigenvalue weighted by molar-refractivity contribution is 0.00721. The number of aliphatic hydroxyl groups is 3. The standard InChI is InChI=1S/C29H40N8O3/c1-4-18-14-31-37(15-18)23-13-22(25(39)26(23)40)36-17-30-24-27(32-20(5-2)6-3)34-29(35-28(24)36)33-21(16-38)12-19-10-8-7-9-11-19/h7-11,14-15,17,20-23,25-26,38-40H,4-6,12-13,16H2,1-3H3,(H2,32,33,34,35)/t21-,22+,23-,25-,26+/m0/s1. The molecule has 0 spiro atoms. The third-order valence-corrected chi connectivity index (χ3v) is 8.01. The van der Waals surface area contributed by atoms with Crippen molar-refractivity contribution >= 4 is 22.9 Å². The molecule has 3 aromatic heterocycles. The highest BCUT2D eigenvalue weighted by molar-refractivity contribution is 5.84. The topological polar surface area (TPSA) is 146 Å². The van der Waals surface area contributed by atoms with Crippen molar-refractivity contribution in [3.8, 4) is 0 Å². The van der Waals surface area contributed by atoms with Crippen LogP contribution < -0.4 is 10.6 Å². The summed E-state index contributed by atoms with van der Waals surface area (Å²) < 4.78 is 3.59. The van der Waals surface area contributed by atoms with Gasteiger partial charge in [-0.2, -0.15) is 15.1 Å². The van der Waals surface area contributed by atoms with Crippen LogP contribution in [-0.2, 0) is 12.8 Å². The predicted octanol–water partition coefficient (Wildman–Crippen LogP) is 3.11. The zero-order valence-electron chi connectivity index (χ0n) is 23.4. The van der Waals surface area contributed by atoms with Gasteiger partial charge in [-0.15, -0.1) is 0 Å². The molecule has 1 aliphatic carbocycles. The summed E-state index contributed by atoms with van der Waals surface area (Å²) in [5.74, 6) is 0.961. The number of hydrogen-bond donors (Lipinski definition) is 5. The number of anilines is 2. The maximum absolute atomic E-state index is 11.1. The quantitative estimate of drug-likeness (QED) is 0.180. The van der Waals surface area contributed by atoms with Crippen molar-refractivity contribution < 1.29 is 15.3 Å². The lowest BCUT2D eigenvalue weighted by Crippen LogP contribution is -2.30. The Morgan fingerprint density at radius 3 is 2.38 bits per heavy atom. The Bertz CT molecular complexity index is 1390. The number of aryl methyl sites for hydroxylation is 1. The van der Waals surface area contributed by atoms with E-state index in [2.05, 4.69) is 41.5 Å². The SMILES string of the molecule is CCc1cnn([C@H]2C[C@@H](n3cnc4c(NC(CC)CC)nc(N[C@H](CO)Cc5ccccc5)nc43)[C@H](O)[C@@H]2O)c1. The van der Waals surface area contributed by atoms with Crippen molar-refractivity contribution in [1.29, 1.82) is 0 Å². The van der Waals surface area contributed by atoms with Crippen molar-refractivity contribution in [3.05, 3.63) is 60.2 Å². The highest BCUT2D eigenvalue weighted by Gasteiger charge is 2.44. The molecule has 5 rings (SSSR count). The monoisotopic (exact) mass is 548 g/mol. The smallest absolute Gasteiger partial charge is 0.227 e. The van der Waals surface area contributed by atoms with Crippen molar-refractivity contribution in [3.63, 3.8) is 0 Å². The van der Waals surface area contributed by atoms with Crippen LogP contribution in [0.3, 0.4) is 0 Å². The number of aromatic nitrogens is 6. The lowest BCUT2D eigenvalue weighted by atomic mass is 10.1. The van der Waals surface area contributed by atoms with E-state index >= 15 is 0 Å². The van der Waals surface area contributed by atoms with Gasteiger partial charge in [0.05, 0.1) is 37.3 Å². The van der Waals surface area contributed by atoms with E-state index in [9.17, 15) is 15.3 Å². The van der Waals surface area contributed by atoms with Crippen LogP contribution in [0, 0.1) is 0 Å². The van der Waals surface area contributed by atoms with Gasteiger partial charge in [0.15, 0.2) is 17.0 Å². The zero-order valence-corrected chi connectivity index (χ0v) is 23.4. The molecule has 0 amide bonds. The first-order valence-corrected chi connectivity index (χ1v) is 14.3. The van der Waals surface area contributed by atoms with E-state index in [1.165, 1.54) is 0 Å². The van der Waals surface area contributed by atoms with Crippen LogP contribution in [-0.4, -0.2) is 75.5 Å². The average Bonchev–Trinajstić information content (AvgIpc) is 3.70. The van der Waals surface area contributed by atoms with Crippen molar-refractivity contribution in [1.82, 2.24) is 29.3 Å². The molecule has 1 saturated carbocycles. The predicted molar refractivity (Wildman–Crippen MR) is 154 cm³/mol. The van der Waals surface area contributed by atoms with Crippen LogP contribution in [0.2, 0.25) is 0 Å². The normalized spacial score (nSPS) is 21.8. The van der Waals surface area contributed by atoms with E-state index in [1.807, 2.05) is 41.1 Å². The third-order valence-electron chi connectivity index (χ3n) is 8.01. The summed E-state index contributed by atoms with van der Waals surface area (Å²) in [4.78, 5) is 14.2. The highest BCUT2D eigenvalue weighted by atomic mass is 16.3. The van der Waals surface area contributed by atoms with E-state index in [4.69, 9.17) is 9.97 Å². The molecule has 3 heterocycles. The number of fused-ring (bicyclic) bond motifs is 1.